The van der Waals surface area contributed by atoms with E-state index in [0.29, 0.717) is 36.1 Å². The molecule has 0 radical (unpaired) electrons. The molecule has 7 heteroatoms. The van der Waals surface area contributed by atoms with Crippen molar-refractivity contribution in [2.45, 2.75) is 25.3 Å². The molecule has 1 fully saturated rings. The number of hydrogen-bond acceptors (Lipinski definition) is 4. The molecule has 1 aliphatic rings. The zero-order valence-electron chi connectivity index (χ0n) is 14.6. The number of nitrogens with one attached hydrogen (secondary N) is 1. The van der Waals surface area contributed by atoms with Crippen LogP contribution in [0.25, 0.3) is 0 Å². The van der Waals surface area contributed by atoms with Gasteiger partial charge in [0, 0.05) is 29.0 Å². The summed E-state index contributed by atoms with van der Waals surface area (Å²) in [5, 5.41) is 2.98. The monoisotopic (exact) mass is 426 g/mol. The Hall–Kier alpha value is -2.67. The molecule has 138 valence electrons. The highest BCUT2D eigenvalue weighted by atomic mass is 79.9. The minimum Gasteiger partial charge on any atom is -0.490 e. The second kappa shape index (κ2) is 7.92. The van der Waals surface area contributed by atoms with Crippen molar-refractivity contribution in [3.05, 3.63) is 71.0 Å². The molecule has 6 nitrogen and oxygen atoms in total. The van der Waals surface area contributed by atoms with Gasteiger partial charge in [-0.2, -0.15) is 0 Å². The number of halogens is 1. The van der Waals surface area contributed by atoms with E-state index >= 15 is 0 Å². The first-order valence-electron chi connectivity index (χ1n) is 8.85. The van der Waals surface area contributed by atoms with Gasteiger partial charge in [0.15, 0.2) is 0 Å². The Kier molecular flexibility index (Phi) is 5.20. The Labute approximate surface area is 165 Å². The van der Waals surface area contributed by atoms with Crippen LogP contribution in [0.2, 0.25) is 0 Å². The molecule has 27 heavy (non-hydrogen) atoms. The van der Waals surface area contributed by atoms with Gasteiger partial charge >= 0.3 is 0 Å². The highest BCUT2D eigenvalue weighted by Crippen LogP contribution is 2.41. The Morgan fingerprint density at radius 1 is 1.33 bits per heavy atom. The summed E-state index contributed by atoms with van der Waals surface area (Å²) in [7, 11) is 0. The number of amides is 1. The van der Waals surface area contributed by atoms with Crippen molar-refractivity contribution in [2.75, 3.05) is 11.9 Å². The van der Waals surface area contributed by atoms with Crippen molar-refractivity contribution in [1.29, 1.82) is 0 Å². The Morgan fingerprint density at radius 2 is 2.19 bits per heavy atom. The predicted octanol–water partition coefficient (Wildman–Crippen LogP) is 4.25. The lowest BCUT2D eigenvalue weighted by Gasteiger charge is -2.14. The van der Waals surface area contributed by atoms with Gasteiger partial charge in [-0.05, 0) is 47.0 Å². The molecule has 1 saturated carbocycles. The molecule has 3 aromatic rings. The SMILES string of the molecule is O=C(Nc1ccccc1OCCn1ccnc1)c1cc(Br)cnc1C1CC1. The van der Waals surface area contributed by atoms with Crippen molar-refractivity contribution in [3.63, 3.8) is 0 Å². The first-order chi connectivity index (χ1) is 13.2. The van der Waals surface area contributed by atoms with Gasteiger partial charge in [-0.15, -0.1) is 0 Å². The fraction of sp³-hybridized carbons (Fsp3) is 0.250. The van der Waals surface area contributed by atoms with Gasteiger partial charge in [-0.1, -0.05) is 12.1 Å². The number of benzene rings is 1. The molecule has 0 saturated heterocycles. The van der Waals surface area contributed by atoms with Gasteiger partial charge < -0.3 is 14.6 Å². The minimum absolute atomic E-state index is 0.170. The van der Waals surface area contributed by atoms with E-state index in [-0.39, 0.29) is 5.91 Å². The molecule has 1 aromatic carbocycles. The second-order valence-corrected chi connectivity index (χ2v) is 7.38. The average molecular weight is 427 g/mol. The lowest BCUT2D eigenvalue weighted by atomic mass is 10.1. The molecule has 2 heterocycles. The first-order valence-corrected chi connectivity index (χ1v) is 9.64. The van der Waals surface area contributed by atoms with Crippen LogP contribution >= 0.6 is 15.9 Å². The molecule has 2 aromatic heterocycles. The second-order valence-electron chi connectivity index (χ2n) is 6.46. The van der Waals surface area contributed by atoms with Crippen molar-refractivity contribution < 1.29 is 9.53 Å². The molecular formula is C20H19BrN4O2. The number of rotatable bonds is 7. The zero-order chi connectivity index (χ0) is 18.6. The molecule has 1 amide bonds. The third-order valence-electron chi connectivity index (χ3n) is 4.40. The van der Waals surface area contributed by atoms with E-state index < -0.39 is 0 Å². The van der Waals surface area contributed by atoms with Crippen LogP contribution in [0.4, 0.5) is 5.69 Å². The number of imidazole rings is 1. The Morgan fingerprint density at radius 3 is 2.96 bits per heavy atom. The highest BCUT2D eigenvalue weighted by molar-refractivity contribution is 9.10. The molecule has 1 N–H and O–H groups in total. The molecule has 0 aliphatic heterocycles. The Balaban J connectivity index is 1.48. The summed E-state index contributed by atoms with van der Waals surface area (Å²) in [6, 6.07) is 9.29. The number of nitrogens with zero attached hydrogens (tertiary/aromatic N) is 3. The van der Waals surface area contributed by atoms with Crippen LogP contribution in [0.1, 0.15) is 34.8 Å². The van der Waals surface area contributed by atoms with Crippen molar-refractivity contribution in [2.24, 2.45) is 0 Å². The summed E-state index contributed by atoms with van der Waals surface area (Å²) in [5.74, 6) is 0.860. The number of aromatic nitrogens is 3. The maximum Gasteiger partial charge on any atom is 0.257 e. The van der Waals surface area contributed by atoms with E-state index in [0.717, 1.165) is 23.0 Å². The zero-order valence-corrected chi connectivity index (χ0v) is 16.2. The number of pyridine rings is 1. The molecule has 0 atom stereocenters. The molecule has 1 aliphatic carbocycles. The summed E-state index contributed by atoms with van der Waals surface area (Å²) in [5.41, 5.74) is 2.13. The van der Waals surface area contributed by atoms with Gasteiger partial charge in [-0.3, -0.25) is 9.78 Å². The van der Waals surface area contributed by atoms with Gasteiger partial charge in [-0.25, -0.2) is 4.98 Å². The minimum atomic E-state index is -0.170. The summed E-state index contributed by atoms with van der Waals surface area (Å²) < 4.78 is 8.61. The fourth-order valence-corrected chi connectivity index (χ4v) is 3.21. The van der Waals surface area contributed by atoms with Crippen molar-refractivity contribution in [1.82, 2.24) is 14.5 Å². The van der Waals surface area contributed by atoms with Crippen molar-refractivity contribution in [3.8, 4) is 5.75 Å². The van der Waals surface area contributed by atoms with Crippen LogP contribution in [-0.2, 0) is 6.54 Å². The van der Waals surface area contributed by atoms with E-state index in [9.17, 15) is 4.79 Å². The smallest absolute Gasteiger partial charge is 0.257 e. The van der Waals surface area contributed by atoms with E-state index in [1.165, 1.54) is 0 Å². The quantitative estimate of drug-likeness (QED) is 0.612. The highest BCUT2D eigenvalue weighted by Gasteiger charge is 2.30. The van der Waals surface area contributed by atoms with Crippen LogP contribution in [0.3, 0.4) is 0 Å². The van der Waals surface area contributed by atoms with Crippen LogP contribution in [0.5, 0.6) is 5.75 Å². The average Bonchev–Trinajstić information content (AvgIpc) is 3.39. The molecular weight excluding hydrogens is 408 g/mol. The number of carbonyl (C=O) groups excluding carboxylic acids is 1. The number of ether oxygens (including phenoxy) is 1. The third kappa shape index (κ3) is 4.36. The summed E-state index contributed by atoms with van der Waals surface area (Å²) in [4.78, 5) is 21.4. The van der Waals surface area contributed by atoms with E-state index in [1.807, 2.05) is 41.1 Å². The number of para-hydroxylation sites is 2. The third-order valence-corrected chi connectivity index (χ3v) is 4.83. The molecule has 0 bridgehead atoms. The van der Waals surface area contributed by atoms with Gasteiger partial charge in [0.25, 0.3) is 5.91 Å². The number of carbonyl (C=O) groups is 1. The largest absolute Gasteiger partial charge is 0.490 e. The van der Waals surface area contributed by atoms with Crippen LogP contribution in [-0.4, -0.2) is 27.0 Å². The molecule has 0 unspecified atom stereocenters. The molecule has 4 rings (SSSR count). The van der Waals surface area contributed by atoms with E-state index in [4.69, 9.17) is 4.74 Å². The van der Waals surface area contributed by atoms with Gasteiger partial charge in [0.05, 0.1) is 29.8 Å². The maximum atomic E-state index is 12.9. The van der Waals surface area contributed by atoms with Gasteiger partial charge in [0.1, 0.15) is 12.4 Å². The lowest BCUT2D eigenvalue weighted by molar-refractivity contribution is 0.102. The summed E-state index contributed by atoms with van der Waals surface area (Å²) in [6.07, 6.45) is 9.29. The molecule has 0 spiro atoms. The number of hydrogen-bond donors (Lipinski definition) is 1. The lowest BCUT2D eigenvalue weighted by Crippen LogP contribution is -2.16. The van der Waals surface area contributed by atoms with Crippen molar-refractivity contribution >= 4 is 27.5 Å². The predicted molar refractivity (Wildman–Crippen MR) is 106 cm³/mol. The van der Waals surface area contributed by atoms with Crippen LogP contribution < -0.4 is 10.1 Å². The fourth-order valence-electron chi connectivity index (χ4n) is 2.88. The van der Waals surface area contributed by atoms with Crippen LogP contribution in [0, 0.1) is 0 Å². The first kappa shape index (κ1) is 17.7. The normalized spacial score (nSPS) is 13.4. The Bertz CT molecular complexity index is 939. The summed E-state index contributed by atoms with van der Waals surface area (Å²) >= 11 is 3.41. The standard InChI is InChI=1S/C20H19BrN4O2/c21-15-11-16(19(23-12-15)14-5-6-14)20(26)24-17-3-1-2-4-18(17)27-10-9-25-8-7-22-13-25/h1-4,7-8,11-14H,5-6,9-10H2,(H,24,26). The topological polar surface area (TPSA) is 69.0 Å². The number of anilines is 1. The summed E-state index contributed by atoms with van der Waals surface area (Å²) in [6.45, 7) is 1.17. The van der Waals surface area contributed by atoms with E-state index in [2.05, 4.69) is 31.2 Å². The van der Waals surface area contributed by atoms with Crippen LogP contribution in [0.15, 0.2) is 59.7 Å². The maximum absolute atomic E-state index is 12.9. The van der Waals surface area contributed by atoms with Gasteiger partial charge in [0.2, 0.25) is 0 Å². The van der Waals surface area contributed by atoms with E-state index in [1.54, 1.807) is 18.7 Å².